The Morgan fingerprint density at radius 1 is 1.22 bits per heavy atom. The van der Waals surface area contributed by atoms with Gasteiger partial charge >= 0.3 is 0 Å². The highest BCUT2D eigenvalue weighted by Crippen LogP contribution is 2.39. The number of hydrogen-bond donors (Lipinski definition) is 2. The molecule has 3 heterocycles. The minimum Gasteiger partial charge on any atom is -0.489 e. The van der Waals surface area contributed by atoms with E-state index in [4.69, 9.17) is 21.6 Å². The fraction of sp³-hybridized carbons (Fsp3) is 0.320. The van der Waals surface area contributed by atoms with Crippen molar-refractivity contribution in [2.75, 3.05) is 61.6 Å². The maximum Gasteiger partial charge on any atom is 0.229 e. The van der Waals surface area contributed by atoms with Gasteiger partial charge in [-0.05, 0) is 37.6 Å². The SMILES string of the molecule is CP(C)(=O)c1ccccc1Nc1nc(Nc2ccc3c(c2)OC[C@H]2CN(CC#N)CCN32)ncc1Cl. The topological polar surface area (TPSA) is 106 Å². The van der Waals surface area contributed by atoms with Crippen molar-refractivity contribution in [2.24, 2.45) is 0 Å². The monoisotopic (exact) mass is 523 g/mol. The Hall–Kier alpha value is -3.31. The van der Waals surface area contributed by atoms with Crippen LogP contribution in [0.1, 0.15) is 0 Å². The lowest BCUT2D eigenvalue weighted by Gasteiger charge is -2.45. The molecule has 9 nitrogen and oxygen atoms in total. The van der Waals surface area contributed by atoms with Gasteiger partial charge in [0.05, 0.1) is 36.2 Å². The fourth-order valence-corrected chi connectivity index (χ4v) is 5.87. The number of anilines is 5. The molecule has 2 aliphatic heterocycles. The number of piperazine rings is 1. The normalized spacial score (nSPS) is 17.4. The Morgan fingerprint density at radius 3 is 2.86 bits per heavy atom. The zero-order valence-corrected chi connectivity index (χ0v) is 21.8. The average Bonchev–Trinajstić information content (AvgIpc) is 2.85. The minimum atomic E-state index is -2.50. The highest BCUT2D eigenvalue weighted by Gasteiger charge is 2.32. The van der Waals surface area contributed by atoms with Crippen LogP contribution in [-0.2, 0) is 4.57 Å². The molecule has 0 unspecified atom stereocenters. The predicted octanol–water partition coefficient (Wildman–Crippen LogP) is 4.27. The van der Waals surface area contributed by atoms with Gasteiger partial charge in [-0.2, -0.15) is 10.2 Å². The molecule has 1 saturated heterocycles. The third-order valence-corrected chi connectivity index (χ3v) is 8.13. The molecule has 2 aliphatic rings. The van der Waals surface area contributed by atoms with Crippen LogP contribution in [0.2, 0.25) is 5.02 Å². The van der Waals surface area contributed by atoms with Crippen molar-refractivity contribution < 1.29 is 9.30 Å². The third kappa shape index (κ3) is 5.12. The summed E-state index contributed by atoms with van der Waals surface area (Å²) in [6.45, 7) is 7.00. The molecule has 2 aromatic carbocycles. The molecular weight excluding hydrogens is 497 g/mol. The molecule has 5 rings (SSSR count). The predicted molar refractivity (Wildman–Crippen MR) is 144 cm³/mol. The van der Waals surface area contributed by atoms with Gasteiger partial charge < -0.3 is 24.8 Å². The van der Waals surface area contributed by atoms with Gasteiger partial charge in [-0.15, -0.1) is 0 Å². The first-order valence-corrected chi connectivity index (χ1v) is 14.6. The standard InChI is InChI=1S/C25H27ClN7O2P/c1-36(2,34)23-6-4-3-5-20(23)30-24-19(26)14-28-25(31-24)29-17-7-8-21-22(13-17)35-16-18-15-32(10-9-27)11-12-33(18)21/h3-8,13-14,18H,10-12,15-16H2,1-2H3,(H2,28,29,30,31)/t18-/m1/s1. The zero-order valence-electron chi connectivity index (χ0n) is 20.1. The Bertz CT molecular complexity index is 1370. The number of fused-ring (bicyclic) bond motifs is 3. The number of nitrogens with zero attached hydrogens (tertiary/aromatic N) is 5. The summed E-state index contributed by atoms with van der Waals surface area (Å²) in [5, 5.41) is 16.5. The number of nitriles is 1. The van der Waals surface area contributed by atoms with E-state index in [0.717, 1.165) is 42.1 Å². The largest absolute Gasteiger partial charge is 0.489 e. The van der Waals surface area contributed by atoms with E-state index in [2.05, 4.69) is 36.5 Å². The van der Waals surface area contributed by atoms with E-state index in [-0.39, 0.29) is 6.04 Å². The van der Waals surface area contributed by atoms with Crippen molar-refractivity contribution in [3.63, 3.8) is 0 Å². The number of ether oxygens (including phenoxy) is 1. The van der Waals surface area contributed by atoms with Gasteiger partial charge in [0.2, 0.25) is 5.95 Å². The number of benzene rings is 2. The van der Waals surface area contributed by atoms with Gasteiger partial charge in [0.15, 0.2) is 5.82 Å². The van der Waals surface area contributed by atoms with Crippen LogP contribution in [0, 0.1) is 11.3 Å². The van der Waals surface area contributed by atoms with Crippen molar-refractivity contribution in [1.29, 1.82) is 5.26 Å². The van der Waals surface area contributed by atoms with Crippen LogP contribution in [-0.4, -0.2) is 67.0 Å². The lowest BCUT2D eigenvalue weighted by Crippen LogP contribution is -2.57. The van der Waals surface area contributed by atoms with Crippen molar-refractivity contribution in [3.05, 3.63) is 53.7 Å². The Labute approximate surface area is 215 Å². The average molecular weight is 524 g/mol. The maximum atomic E-state index is 12.7. The number of aromatic nitrogens is 2. The summed E-state index contributed by atoms with van der Waals surface area (Å²) >= 11 is 6.37. The second-order valence-corrected chi connectivity index (χ2v) is 12.8. The molecule has 186 valence electrons. The van der Waals surface area contributed by atoms with Crippen molar-refractivity contribution in [3.8, 4) is 11.8 Å². The molecule has 36 heavy (non-hydrogen) atoms. The molecule has 1 atom stereocenters. The number of hydrogen-bond acceptors (Lipinski definition) is 9. The minimum absolute atomic E-state index is 0.232. The molecule has 0 saturated carbocycles. The summed E-state index contributed by atoms with van der Waals surface area (Å²) in [6.07, 6.45) is 1.53. The number of rotatable bonds is 6. The first-order chi connectivity index (χ1) is 17.3. The Morgan fingerprint density at radius 2 is 2.06 bits per heavy atom. The van der Waals surface area contributed by atoms with Crippen molar-refractivity contribution >= 4 is 52.9 Å². The molecule has 3 aromatic rings. The van der Waals surface area contributed by atoms with Crippen molar-refractivity contribution in [2.45, 2.75) is 6.04 Å². The lowest BCUT2D eigenvalue weighted by atomic mass is 10.1. The van der Waals surface area contributed by atoms with E-state index >= 15 is 0 Å². The van der Waals surface area contributed by atoms with Crippen LogP contribution >= 0.6 is 18.7 Å². The number of halogens is 1. The number of nitrogens with one attached hydrogen (secondary N) is 2. The summed E-state index contributed by atoms with van der Waals surface area (Å²) in [6, 6.07) is 15.9. The fourth-order valence-electron chi connectivity index (χ4n) is 4.57. The molecule has 1 aromatic heterocycles. The van der Waals surface area contributed by atoms with Gasteiger partial charge in [0.25, 0.3) is 0 Å². The first-order valence-electron chi connectivity index (χ1n) is 11.7. The lowest BCUT2D eigenvalue weighted by molar-refractivity contribution is 0.179. The van der Waals surface area contributed by atoms with Gasteiger partial charge in [-0.3, -0.25) is 4.90 Å². The van der Waals surface area contributed by atoms with E-state index in [1.807, 2.05) is 42.5 Å². The van der Waals surface area contributed by atoms with Crippen LogP contribution in [0.3, 0.4) is 0 Å². The molecule has 0 aliphatic carbocycles. The van der Waals surface area contributed by atoms with Gasteiger partial charge in [0.1, 0.15) is 24.5 Å². The van der Waals surface area contributed by atoms with Gasteiger partial charge in [0, 0.05) is 36.7 Å². The summed E-state index contributed by atoms with van der Waals surface area (Å²) in [5.74, 6) is 1.59. The summed E-state index contributed by atoms with van der Waals surface area (Å²) in [7, 11) is -2.50. The second kappa shape index (κ2) is 9.98. The Kier molecular flexibility index (Phi) is 6.76. The second-order valence-electron chi connectivity index (χ2n) is 9.24. The molecule has 0 radical (unpaired) electrons. The van der Waals surface area contributed by atoms with Crippen LogP contribution in [0.15, 0.2) is 48.7 Å². The molecule has 2 N–H and O–H groups in total. The van der Waals surface area contributed by atoms with Gasteiger partial charge in [-0.1, -0.05) is 23.7 Å². The summed E-state index contributed by atoms with van der Waals surface area (Å²) in [4.78, 5) is 13.4. The molecule has 0 spiro atoms. The maximum absolute atomic E-state index is 12.7. The quantitative estimate of drug-likeness (QED) is 0.362. The number of para-hydroxylation sites is 1. The van der Waals surface area contributed by atoms with E-state index in [0.29, 0.717) is 35.6 Å². The molecule has 0 amide bonds. The van der Waals surface area contributed by atoms with E-state index in [9.17, 15) is 4.57 Å². The summed E-state index contributed by atoms with van der Waals surface area (Å²) < 4.78 is 18.8. The van der Waals surface area contributed by atoms with Crippen LogP contribution < -0.4 is 25.6 Å². The van der Waals surface area contributed by atoms with Crippen LogP contribution in [0.25, 0.3) is 0 Å². The molecular formula is C25H27ClN7O2P. The highest BCUT2D eigenvalue weighted by atomic mass is 35.5. The smallest absolute Gasteiger partial charge is 0.229 e. The zero-order chi connectivity index (χ0) is 25.3. The van der Waals surface area contributed by atoms with Gasteiger partial charge in [-0.25, -0.2) is 4.98 Å². The van der Waals surface area contributed by atoms with E-state index < -0.39 is 7.14 Å². The molecule has 11 heteroatoms. The van der Waals surface area contributed by atoms with E-state index in [1.165, 1.54) is 6.20 Å². The van der Waals surface area contributed by atoms with Crippen LogP contribution in [0.4, 0.5) is 28.8 Å². The Balaban J connectivity index is 1.34. The van der Waals surface area contributed by atoms with Crippen molar-refractivity contribution in [1.82, 2.24) is 14.9 Å². The summed E-state index contributed by atoms with van der Waals surface area (Å²) in [5.41, 5.74) is 2.53. The molecule has 1 fully saturated rings. The first kappa shape index (κ1) is 24.4. The van der Waals surface area contributed by atoms with E-state index in [1.54, 1.807) is 13.3 Å². The highest BCUT2D eigenvalue weighted by molar-refractivity contribution is 7.70. The van der Waals surface area contributed by atoms with Crippen LogP contribution in [0.5, 0.6) is 5.75 Å². The third-order valence-electron chi connectivity index (χ3n) is 6.30. The molecule has 0 bridgehead atoms.